The van der Waals surface area contributed by atoms with Crippen LogP contribution in [0.4, 0.5) is 5.00 Å². The Labute approximate surface area is 172 Å². The molecule has 1 N–H and O–H groups in total. The molecule has 0 saturated carbocycles. The van der Waals surface area contributed by atoms with E-state index in [1.165, 1.54) is 29.9 Å². The SMILES string of the molecule is Cc1c(-c2ccccc2)sc(NC(=O)c2cnccn2)c1C(=O)N1CCOCC1. The predicted octanol–water partition coefficient (Wildman–Crippen LogP) is 3.24. The average molecular weight is 408 g/mol. The Kier molecular flexibility index (Phi) is 5.64. The lowest BCUT2D eigenvalue weighted by Gasteiger charge is -2.27. The van der Waals surface area contributed by atoms with E-state index in [1.807, 2.05) is 37.3 Å². The maximum Gasteiger partial charge on any atom is 0.276 e. The summed E-state index contributed by atoms with van der Waals surface area (Å²) in [6.07, 6.45) is 4.37. The lowest BCUT2D eigenvalue weighted by atomic mass is 10.1. The van der Waals surface area contributed by atoms with Gasteiger partial charge in [-0.3, -0.25) is 14.6 Å². The van der Waals surface area contributed by atoms with Crippen molar-refractivity contribution in [3.05, 3.63) is 65.7 Å². The monoisotopic (exact) mass is 408 g/mol. The number of morpholine rings is 1. The van der Waals surface area contributed by atoms with Gasteiger partial charge in [-0.15, -0.1) is 11.3 Å². The number of hydrogen-bond donors (Lipinski definition) is 1. The van der Waals surface area contributed by atoms with Crippen molar-refractivity contribution in [3.63, 3.8) is 0 Å². The number of carbonyl (C=O) groups is 2. The Morgan fingerprint density at radius 1 is 1.14 bits per heavy atom. The van der Waals surface area contributed by atoms with Crippen molar-refractivity contribution >= 4 is 28.2 Å². The molecular formula is C21H20N4O3S. The highest BCUT2D eigenvalue weighted by atomic mass is 32.1. The van der Waals surface area contributed by atoms with Gasteiger partial charge in [0.15, 0.2) is 0 Å². The van der Waals surface area contributed by atoms with E-state index in [2.05, 4.69) is 15.3 Å². The van der Waals surface area contributed by atoms with Crippen LogP contribution in [0.15, 0.2) is 48.9 Å². The first-order chi connectivity index (χ1) is 14.1. The molecule has 7 nitrogen and oxygen atoms in total. The summed E-state index contributed by atoms with van der Waals surface area (Å²) in [6.45, 7) is 4.02. The Morgan fingerprint density at radius 3 is 2.59 bits per heavy atom. The summed E-state index contributed by atoms with van der Waals surface area (Å²) in [6, 6.07) is 9.85. The van der Waals surface area contributed by atoms with Gasteiger partial charge >= 0.3 is 0 Å². The van der Waals surface area contributed by atoms with Gasteiger partial charge in [0.2, 0.25) is 0 Å². The fourth-order valence-corrected chi connectivity index (χ4v) is 4.43. The molecule has 0 spiro atoms. The molecule has 8 heteroatoms. The molecule has 148 valence electrons. The van der Waals surface area contributed by atoms with E-state index >= 15 is 0 Å². The molecule has 1 aliphatic heterocycles. The molecule has 1 fully saturated rings. The lowest BCUT2D eigenvalue weighted by Crippen LogP contribution is -2.41. The third kappa shape index (κ3) is 4.03. The smallest absolute Gasteiger partial charge is 0.276 e. The number of rotatable bonds is 4. The Balaban J connectivity index is 1.73. The van der Waals surface area contributed by atoms with Gasteiger partial charge in [-0.1, -0.05) is 30.3 Å². The van der Waals surface area contributed by atoms with Crippen LogP contribution in [-0.2, 0) is 4.74 Å². The number of carbonyl (C=O) groups excluding carboxylic acids is 2. The number of nitrogens with one attached hydrogen (secondary N) is 1. The second-order valence-corrected chi connectivity index (χ2v) is 7.60. The average Bonchev–Trinajstić information content (AvgIpc) is 3.10. The van der Waals surface area contributed by atoms with Crippen molar-refractivity contribution in [2.45, 2.75) is 6.92 Å². The third-order valence-electron chi connectivity index (χ3n) is 4.72. The zero-order chi connectivity index (χ0) is 20.2. The van der Waals surface area contributed by atoms with Gasteiger partial charge in [-0.2, -0.15) is 0 Å². The molecule has 3 heterocycles. The summed E-state index contributed by atoms with van der Waals surface area (Å²) < 4.78 is 5.37. The van der Waals surface area contributed by atoms with Gasteiger partial charge in [0.1, 0.15) is 10.7 Å². The minimum Gasteiger partial charge on any atom is -0.378 e. The zero-order valence-corrected chi connectivity index (χ0v) is 16.7. The van der Waals surface area contributed by atoms with Crippen LogP contribution < -0.4 is 5.32 Å². The lowest BCUT2D eigenvalue weighted by molar-refractivity contribution is 0.0303. The van der Waals surface area contributed by atoms with Crippen LogP contribution in [0.5, 0.6) is 0 Å². The summed E-state index contributed by atoms with van der Waals surface area (Å²) in [5.74, 6) is -0.492. The highest BCUT2D eigenvalue weighted by Gasteiger charge is 2.28. The predicted molar refractivity (Wildman–Crippen MR) is 111 cm³/mol. The van der Waals surface area contributed by atoms with E-state index in [1.54, 1.807) is 4.90 Å². The van der Waals surface area contributed by atoms with Crippen LogP contribution in [0, 0.1) is 6.92 Å². The fraction of sp³-hybridized carbons (Fsp3) is 0.238. The summed E-state index contributed by atoms with van der Waals surface area (Å²) in [7, 11) is 0. The highest BCUT2D eigenvalue weighted by molar-refractivity contribution is 7.20. The molecule has 2 amide bonds. The summed E-state index contributed by atoms with van der Waals surface area (Å²) in [5, 5.41) is 3.40. The molecule has 0 aliphatic carbocycles. The van der Waals surface area contributed by atoms with Gasteiger partial charge in [0, 0.05) is 30.4 Å². The molecule has 0 atom stereocenters. The number of thiophene rings is 1. The van der Waals surface area contributed by atoms with Crippen molar-refractivity contribution in [2.75, 3.05) is 31.6 Å². The van der Waals surface area contributed by atoms with E-state index in [0.717, 1.165) is 16.0 Å². The molecule has 0 radical (unpaired) electrons. The molecule has 3 aromatic rings. The van der Waals surface area contributed by atoms with E-state index < -0.39 is 5.91 Å². The van der Waals surface area contributed by atoms with E-state index in [-0.39, 0.29) is 11.6 Å². The van der Waals surface area contributed by atoms with Gasteiger partial charge in [-0.05, 0) is 18.1 Å². The van der Waals surface area contributed by atoms with Gasteiger partial charge in [0.25, 0.3) is 11.8 Å². The molecule has 0 unspecified atom stereocenters. The summed E-state index contributed by atoms with van der Waals surface area (Å²) >= 11 is 1.40. The van der Waals surface area contributed by atoms with E-state index in [4.69, 9.17) is 4.74 Å². The summed E-state index contributed by atoms with van der Waals surface area (Å²) in [5.41, 5.74) is 2.58. The first-order valence-electron chi connectivity index (χ1n) is 9.28. The standard InChI is InChI=1S/C21H20N4O3S/c1-14-17(21(27)25-9-11-28-12-10-25)20(24-19(26)16-13-22-7-8-23-16)29-18(14)15-5-3-2-4-6-15/h2-8,13H,9-12H2,1H3,(H,24,26). The minimum absolute atomic E-state index is 0.0984. The fourth-order valence-electron chi connectivity index (χ4n) is 3.23. The van der Waals surface area contributed by atoms with Crippen LogP contribution in [0.1, 0.15) is 26.4 Å². The molecule has 2 aromatic heterocycles. The Hall–Kier alpha value is -3.10. The Morgan fingerprint density at radius 2 is 1.90 bits per heavy atom. The first kappa shape index (κ1) is 19.2. The van der Waals surface area contributed by atoms with Crippen LogP contribution >= 0.6 is 11.3 Å². The van der Waals surface area contributed by atoms with Gasteiger partial charge in [0.05, 0.1) is 25.0 Å². The summed E-state index contributed by atoms with van der Waals surface area (Å²) in [4.78, 5) is 36.7. The van der Waals surface area contributed by atoms with E-state index in [0.29, 0.717) is 36.9 Å². The topological polar surface area (TPSA) is 84.4 Å². The van der Waals surface area contributed by atoms with Gasteiger partial charge < -0.3 is 15.0 Å². The van der Waals surface area contributed by atoms with Gasteiger partial charge in [-0.25, -0.2) is 4.98 Å². The molecule has 1 aliphatic rings. The van der Waals surface area contributed by atoms with Crippen molar-refractivity contribution in [2.24, 2.45) is 0 Å². The molecule has 29 heavy (non-hydrogen) atoms. The van der Waals surface area contributed by atoms with Crippen LogP contribution in [0.2, 0.25) is 0 Å². The van der Waals surface area contributed by atoms with Crippen LogP contribution in [-0.4, -0.2) is 53.0 Å². The van der Waals surface area contributed by atoms with Crippen LogP contribution in [0.25, 0.3) is 10.4 Å². The number of benzene rings is 1. The third-order valence-corrected chi connectivity index (χ3v) is 5.97. The number of aromatic nitrogens is 2. The zero-order valence-electron chi connectivity index (χ0n) is 15.9. The molecule has 1 aromatic carbocycles. The molecule has 0 bridgehead atoms. The van der Waals surface area contributed by atoms with Crippen molar-refractivity contribution in [1.82, 2.24) is 14.9 Å². The minimum atomic E-state index is -0.394. The number of ether oxygens (including phenoxy) is 1. The maximum absolute atomic E-state index is 13.3. The first-order valence-corrected chi connectivity index (χ1v) is 10.1. The largest absolute Gasteiger partial charge is 0.378 e. The van der Waals surface area contributed by atoms with Crippen molar-refractivity contribution in [1.29, 1.82) is 0 Å². The molecule has 4 rings (SSSR count). The maximum atomic E-state index is 13.3. The number of amides is 2. The Bertz CT molecular complexity index is 1020. The second kappa shape index (κ2) is 8.50. The van der Waals surface area contributed by atoms with Crippen LogP contribution in [0.3, 0.4) is 0 Å². The number of anilines is 1. The quantitative estimate of drug-likeness (QED) is 0.716. The van der Waals surface area contributed by atoms with Crippen molar-refractivity contribution in [3.8, 4) is 10.4 Å². The van der Waals surface area contributed by atoms with E-state index in [9.17, 15) is 9.59 Å². The number of hydrogen-bond acceptors (Lipinski definition) is 6. The van der Waals surface area contributed by atoms with Crippen molar-refractivity contribution < 1.29 is 14.3 Å². The molecule has 1 saturated heterocycles. The highest BCUT2D eigenvalue weighted by Crippen LogP contribution is 2.40. The molecular weight excluding hydrogens is 388 g/mol. The second-order valence-electron chi connectivity index (χ2n) is 6.58. The normalized spacial score (nSPS) is 13.9. The number of nitrogens with zero attached hydrogens (tertiary/aromatic N) is 3.